The summed E-state index contributed by atoms with van der Waals surface area (Å²) in [5.41, 5.74) is 2.83. The van der Waals surface area contributed by atoms with Gasteiger partial charge >= 0.3 is 0 Å². The molecule has 4 heteroatoms. The lowest BCUT2D eigenvalue weighted by Crippen LogP contribution is -2.06. The zero-order valence-electron chi connectivity index (χ0n) is 10.4. The molecule has 0 aliphatic heterocycles. The van der Waals surface area contributed by atoms with Crippen LogP contribution in [0.1, 0.15) is 30.0 Å². The summed E-state index contributed by atoms with van der Waals surface area (Å²) >= 11 is 0. The fourth-order valence-corrected chi connectivity index (χ4v) is 2.15. The largest absolute Gasteiger partial charge is 0.316 e. The molecule has 1 fully saturated rings. The molecule has 3 rings (SSSR count). The molecule has 18 heavy (non-hydrogen) atoms. The van der Waals surface area contributed by atoms with Crippen LogP contribution in [-0.2, 0) is 6.54 Å². The molecule has 2 aromatic rings. The maximum atomic E-state index is 13.5. The van der Waals surface area contributed by atoms with Gasteiger partial charge in [0, 0.05) is 18.7 Å². The van der Waals surface area contributed by atoms with E-state index in [2.05, 4.69) is 10.4 Å². The molecule has 0 unspecified atom stereocenters. The van der Waals surface area contributed by atoms with Gasteiger partial charge in [0.15, 0.2) is 0 Å². The van der Waals surface area contributed by atoms with Crippen molar-refractivity contribution in [3.8, 4) is 5.69 Å². The van der Waals surface area contributed by atoms with E-state index in [1.54, 1.807) is 10.7 Å². The fourth-order valence-electron chi connectivity index (χ4n) is 2.15. The lowest BCUT2D eigenvalue weighted by Gasteiger charge is -2.06. The van der Waals surface area contributed by atoms with Crippen LogP contribution in [0.2, 0.25) is 0 Å². The molecule has 1 aliphatic carbocycles. The number of nitrogens with zero attached hydrogens (tertiary/aromatic N) is 2. The Morgan fingerprint density at radius 2 is 2.22 bits per heavy atom. The predicted molar refractivity (Wildman–Crippen MR) is 68.3 cm³/mol. The SMILES string of the molecule is CNCc1cc(F)cc(-n2ccc(C3CC3)n2)c1. The summed E-state index contributed by atoms with van der Waals surface area (Å²) in [5, 5.41) is 7.54. The van der Waals surface area contributed by atoms with Crippen LogP contribution < -0.4 is 5.32 Å². The molecule has 0 amide bonds. The molecule has 0 saturated heterocycles. The molecule has 0 radical (unpaired) electrons. The minimum absolute atomic E-state index is 0.221. The van der Waals surface area contributed by atoms with Gasteiger partial charge in [-0.2, -0.15) is 5.10 Å². The Morgan fingerprint density at radius 3 is 2.94 bits per heavy atom. The van der Waals surface area contributed by atoms with Gasteiger partial charge in [0.2, 0.25) is 0 Å². The Kier molecular flexibility index (Phi) is 2.88. The quantitative estimate of drug-likeness (QED) is 0.897. The van der Waals surface area contributed by atoms with Crippen molar-refractivity contribution in [1.29, 1.82) is 0 Å². The molecule has 3 nitrogen and oxygen atoms in total. The molecule has 0 atom stereocenters. The van der Waals surface area contributed by atoms with Crippen LogP contribution in [0.25, 0.3) is 5.69 Å². The van der Waals surface area contributed by atoms with Gasteiger partial charge in [0.1, 0.15) is 5.82 Å². The van der Waals surface area contributed by atoms with E-state index in [-0.39, 0.29) is 5.82 Å². The van der Waals surface area contributed by atoms with Gasteiger partial charge in [-0.05, 0) is 49.7 Å². The van der Waals surface area contributed by atoms with Crippen LogP contribution in [0.4, 0.5) is 4.39 Å². The Hall–Kier alpha value is -1.68. The first kappa shape index (κ1) is 11.4. The van der Waals surface area contributed by atoms with E-state index >= 15 is 0 Å². The maximum Gasteiger partial charge on any atom is 0.125 e. The summed E-state index contributed by atoms with van der Waals surface area (Å²) in [5.74, 6) is 0.401. The lowest BCUT2D eigenvalue weighted by molar-refractivity contribution is 0.621. The number of aromatic nitrogens is 2. The third-order valence-corrected chi connectivity index (χ3v) is 3.19. The molecule has 1 saturated carbocycles. The molecule has 1 aromatic heterocycles. The predicted octanol–water partition coefficient (Wildman–Crippen LogP) is 2.61. The van der Waals surface area contributed by atoms with Gasteiger partial charge in [0.25, 0.3) is 0 Å². The number of benzene rings is 1. The summed E-state index contributed by atoms with van der Waals surface area (Å²) in [6, 6.07) is 7.05. The van der Waals surface area contributed by atoms with Gasteiger partial charge in [-0.25, -0.2) is 9.07 Å². The van der Waals surface area contributed by atoms with Gasteiger partial charge in [-0.3, -0.25) is 0 Å². The smallest absolute Gasteiger partial charge is 0.125 e. The van der Waals surface area contributed by atoms with Crippen LogP contribution in [0, 0.1) is 5.82 Å². The van der Waals surface area contributed by atoms with Crippen LogP contribution in [-0.4, -0.2) is 16.8 Å². The number of nitrogens with one attached hydrogen (secondary N) is 1. The monoisotopic (exact) mass is 245 g/mol. The minimum atomic E-state index is -0.221. The second kappa shape index (κ2) is 4.53. The average molecular weight is 245 g/mol. The molecule has 1 heterocycles. The Balaban J connectivity index is 1.93. The van der Waals surface area contributed by atoms with Crippen LogP contribution in [0.5, 0.6) is 0 Å². The molecular weight excluding hydrogens is 229 g/mol. The van der Waals surface area contributed by atoms with Gasteiger partial charge in [-0.1, -0.05) is 0 Å². The second-order valence-electron chi connectivity index (χ2n) is 4.81. The molecule has 0 bridgehead atoms. The van der Waals surface area contributed by atoms with Crippen molar-refractivity contribution < 1.29 is 4.39 Å². The van der Waals surface area contributed by atoms with E-state index in [9.17, 15) is 4.39 Å². The Labute approximate surface area is 106 Å². The van der Waals surface area contributed by atoms with E-state index in [4.69, 9.17) is 0 Å². The van der Waals surface area contributed by atoms with Crippen molar-refractivity contribution in [2.24, 2.45) is 0 Å². The van der Waals surface area contributed by atoms with Gasteiger partial charge in [-0.15, -0.1) is 0 Å². The van der Waals surface area contributed by atoms with Crippen LogP contribution >= 0.6 is 0 Å². The number of rotatable bonds is 4. The molecular formula is C14H16FN3. The van der Waals surface area contributed by atoms with Crippen molar-refractivity contribution in [1.82, 2.24) is 15.1 Å². The molecule has 1 aromatic carbocycles. The van der Waals surface area contributed by atoms with Gasteiger partial charge in [0.05, 0.1) is 11.4 Å². The highest BCUT2D eigenvalue weighted by molar-refractivity contribution is 5.36. The van der Waals surface area contributed by atoms with Crippen molar-refractivity contribution in [3.63, 3.8) is 0 Å². The van der Waals surface area contributed by atoms with E-state index in [0.717, 1.165) is 16.9 Å². The Bertz CT molecular complexity index is 558. The van der Waals surface area contributed by atoms with Crippen molar-refractivity contribution in [2.75, 3.05) is 7.05 Å². The first-order valence-corrected chi connectivity index (χ1v) is 6.26. The van der Waals surface area contributed by atoms with Gasteiger partial charge < -0.3 is 5.32 Å². The third-order valence-electron chi connectivity index (χ3n) is 3.19. The fraction of sp³-hybridized carbons (Fsp3) is 0.357. The van der Waals surface area contributed by atoms with E-state index in [1.165, 1.54) is 18.9 Å². The zero-order chi connectivity index (χ0) is 12.5. The van der Waals surface area contributed by atoms with Crippen molar-refractivity contribution in [2.45, 2.75) is 25.3 Å². The van der Waals surface area contributed by atoms with E-state index < -0.39 is 0 Å². The van der Waals surface area contributed by atoms with Crippen molar-refractivity contribution in [3.05, 3.63) is 47.5 Å². The number of hydrogen-bond acceptors (Lipinski definition) is 2. The van der Waals surface area contributed by atoms with E-state index in [0.29, 0.717) is 12.5 Å². The zero-order valence-corrected chi connectivity index (χ0v) is 10.4. The third kappa shape index (κ3) is 2.29. The number of halogens is 1. The van der Waals surface area contributed by atoms with Crippen LogP contribution in [0.3, 0.4) is 0 Å². The minimum Gasteiger partial charge on any atom is -0.316 e. The second-order valence-corrected chi connectivity index (χ2v) is 4.81. The molecule has 1 N–H and O–H groups in total. The van der Waals surface area contributed by atoms with Crippen LogP contribution in [0.15, 0.2) is 30.5 Å². The maximum absolute atomic E-state index is 13.5. The highest BCUT2D eigenvalue weighted by Crippen LogP contribution is 2.39. The number of hydrogen-bond donors (Lipinski definition) is 1. The molecule has 94 valence electrons. The molecule has 1 aliphatic rings. The lowest BCUT2D eigenvalue weighted by atomic mass is 10.2. The summed E-state index contributed by atoms with van der Waals surface area (Å²) in [6.07, 6.45) is 4.36. The summed E-state index contributed by atoms with van der Waals surface area (Å²) in [4.78, 5) is 0. The standard InChI is InChI=1S/C14H16FN3/c1-16-9-10-6-12(15)8-13(7-10)18-5-4-14(17-18)11-2-3-11/h4-8,11,16H,2-3,9H2,1H3. The average Bonchev–Trinajstić information content (AvgIpc) is 3.07. The first-order valence-electron chi connectivity index (χ1n) is 6.26. The van der Waals surface area contributed by atoms with Crippen molar-refractivity contribution >= 4 is 0 Å². The van der Waals surface area contributed by atoms with E-state index in [1.807, 2.05) is 25.4 Å². The summed E-state index contributed by atoms with van der Waals surface area (Å²) in [6.45, 7) is 0.654. The Morgan fingerprint density at radius 1 is 1.39 bits per heavy atom. The first-order chi connectivity index (χ1) is 8.76. The normalized spacial score (nSPS) is 15.0. The topological polar surface area (TPSA) is 29.9 Å². The summed E-state index contributed by atoms with van der Waals surface area (Å²) < 4.78 is 15.3. The highest BCUT2D eigenvalue weighted by atomic mass is 19.1. The highest BCUT2D eigenvalue weighted by Gasteiger charge is 2.25. The molecule has 0 spiro atoms. The summed E-state index contributed by atoms with van der Waals surface area (Å²) in [7, 11) is 1.85.